The van der Waals surface area contributed by atoms with E-state index in [2.05, 4.69) is 10.1 Å². The van der Waals surface area contributed by atoms with Crippen LogP contribution in [0.5, 0.6) is 5.75 Å². The molecule has 23 heavy (non-hydrogen) atoms. The van der Waals surface area contributed by atoms with Crippen LogP contribution in [0.1, 0.15) is 17.6 Å². The van der Waals surface area contributed by atoms with Gasteiger partial charge in [0.2, 0.25) is 11.7 Å². The fourth-order valence-electron chi connectivity index (χ4n) is 2.15. The second kappa shape index (κ2) is 6.81. The van der Waals surface area contributed by atoms with Gasteiger partial charge >= 0.3 is 0 Å². The lowest BCUT2D eigenvalue weighted by Crippen LogP contribution is -2.10. The van der Waals surface area contributed by atoms with Crippen molar-refractivity contribution in [2.24, 2.45) is 0 Å². The highest BCUT2D eigenvalue weighted by Crippen LogP contribution is 2.25. The highest BCUT2D eigenvalue weighted by molar-refractivity contribution is 6.31. The SMILES string of the molecule is Cc1nc(-c2cccc(OCC(O)c3ccccc3Cl)c2)no1. The maximum atomic E-state index is 10.2. The van der Waals surface area contributed by atoms with E-state index in [1.807, 2.05) is 24.3 Å². The minimum Gasteiger partial charge on any atom is -0.491 e. The predicted octanol–water partition coefficient (Wildman–Crippen LogP) is 3.81. The molecule has 6 heteroatoms. The van der Waals surface area contributed by atoms with Gasteiger partial charge in [-0.1, -0.05) is 47.1 Å². The number of halogens is 1. The van der Waals surface area contributed by atoms with Crippen molar-refractivity contribution in [1.82, 2.24) is 10.1 Å². The van der Waals surface area contributed by atoms with E-state index in [9.17, 15) is 5.11 Å². The number of aromatic nitrogens is 2. The summed E-state index contributed by atoms with van der Waals surface area (Å²) in [5.74, 6) is 1.61. The van der Waals surface area contributed by atoms with Crippen LogP contribution in [0.3, 0.4) is 0 Å². The third-order valence-corrected chi connectivity index (χ3v) is 3.64. The minimum absolute atomic E-state index is 0.0957. The number of nitrogens with zero attached hydrogens (tertiary/aromatic N) is 2. The molecule has 1 N–H and O–H groups in total. The lowest BCUT2D eigenvalue weighted by atomic mass is 10.1. The van der Waals surface area contributed by atoms with Crippen molar-refractivity contribution in [3.05, 3.63) is 65.0 Å². The molecule has 2 aromatic carbocycles. The highest BCUT2D eigenvalue weighted by Gasteiger charge is 2.12. The summed E-state index contributed by atoms with van der Waals surface area (Å²) in [7, 11) is 0. The van der Waals surface area contributed by atoms with Crippen molar-refractivity contribution in [3.8, 4) is 17.1 Å². The van der Waals surface area contributed by atoms with Gasteiger partial charge in [0.25, 0.3) is 0 Å². The van der Waals surface area contributed by atoms with Crippen LogP contribution in [0.2, 0.25) is 5.02 Å². The van der Waals surface area contributed by atoms with Crippen LogP contribution in [0.4, 0.5) is 0 Å². The van der Waals surface area contributed by atoms with Crippen molar-refractivity contribution in [1.29, 1.82) is 0 Å². The maximum absolute atomic E-state index is 10.2. The average Bonchev–Trinajstić information content (AvgIpc) is 3.00. The molecule has 0 spiro atoms. The van der Waals surface area contributed by atoms with Crippen LogP contribution in [0.25, 0.3) is 11.4 Å². The summed E-state index contributed by atoms with van der Waals surface area (Å²) in [6.07, 6.45) is -0.806. The molecule has 0 fully saturated rings. The van der Waals surface area contributed by atoms with Gasteiger partial charge in [-0.15, -0.1) is 0 Å². The second-order valence-corrected chi connectivity index (χ2v) is 5.42. The molecule has 5 nitrogen and oxygen atoms in total. The summed E-state index contributed by atoms with van der Waals surface area (Å²) in [5.41, 5.74) is 1.42. The Morgan fingerprint density at radius 2 is 2.04 bits per heavy atom. The molecule has 0 aliphatic heterocycles. The number of ether oxygens (including phenoxy) is 1. The molecule has 1 aromatic heterocycles. The van der Waals surface area contributed by atoms with E-state index in [1.165, 1.54) is 0 Å². The van der Waals surface area contributed by atoms with E-state index in [4.69, 9.17) is 20.9 Å². The van der Waals surface area contributed by atoms with E-state index < -0.39 is 6.10 Å². The molecule has 0 bridgehead atoms. The second-order valence-electron chi connectivity index (χ2n) is 5.01. The van der Waals surface area contributed by atoms with Crippen LogP contribution in [0, 0.1) is 6.92 Å². The molecule has 0 aliphatic rings. The van der Waals surface area contributed by atoms with Crippen molar-refractivity contribution < 1.29 is 14.4 Å². The summed E-state index contributed by atoms with van der Waals surface area (Å²) >= 11 is 6.07. The number of hydrogen-bond acceptors (Lipinski definition) is 5. The van der Waals surface area contributed by atoms with Crippen LogP contribution in [-0.2, 0) is 0 Å². The number of rotatable bonds is 5. The van der Waals surface area contributed by atoms with Gasteiger partial charge in [0.1, 0.15) is 18.5 Å². The number of hydrogen-bond donors (Lipinski definition) is 1. The number of benzene rings is 2. The Bertz CT molecular complexity index is 804. The summed E-state index contributed by atoms with van der Waals surface area (Å²) in [6, 6.07) is 14.4. The Morgan fingerprint density at radius 1 is 1.22 bits per heavy atom. The van der Waals surface area contributed by atoms with Crippen molar-refractivity contribution in [3.63, 3.8) is 0 Å². The first-order valence-electron chi connectivity index (χ1n) is 7.09. The number of aliphatic hydroxyl groups excluding tert-OH is 1. The van der Waals surface area contributed by atoms with Gasteiger partial charge in [0.15, 0.2) is 0 Å². The Balaban J connectivity index is 1.70. The summed E-state index contributed by atoms with van der Waals surface area (Å²) in [5, 5.41) is 14.6. The van der Waals surface area contributed by atoms with Gasteiger partial charge in [0, 0.05) is 23.1 Å². The smallest absolute Gasteiger partial charge is 0.223 e. The standard InChI is InChI=1S/C17H15ClN2O3/c1-11-19-17(20-23-11)12-5-4-6-13(9-12)22-10-16(21)14-7-2-3-8-15(14)18/h2-9,16,21H,10H2,1H3. The molecule has 0 radical (unpaired) electrons. The molecule has 0 aliphatic carbocycles. The third kappa shape index (κ3) is 3.70. The highest BCUT2D eigenvalue weighted by atomic mass is 35.5. The van der Waals surface area contributed by atoms with Gasteiger partial charge in [-0.3, -0.25) is 0 Å². The van der Waals surface area contributed by atoms with E-state index in [0.29, 0.717) is 28.1 Å². The first-order chi connectivity index (χ1) is 11.1. The molecule has 0 saturated heterocycles. The first-order valence-corrected chi connectivity index (χ1v) is 7.47. The van der Waals surface area contributed by atoms with Gasteiger partial charge in [-0.25, -0.2) is 0 Å². The fourth-order valence-corrected chi connectivity index (χ4v) is 2.41. The van der Waals surface area contributed by atoms with Gasteiger partial charge in [-0.05, 0) is 18.2 Å². The Hall–Kier alpha value is -2.37. The minimum atomic E-state index is -0.806. The van der Waals surface area contributed by atoms with Crippen LogP contribution >= 0.6 is 11.6 Å². The zero-order valence-electron chi connectivity index (χ0n) is 12.4. The number of aliphatic hydroxyl groups is 1. The summed E-state index contributed by atoms with van der Waals surface area (Å²) < 4.78 is 10.6. The van der Waals surface area contributed by atoms with E-state index >= 15 is 0 Å². The quantitative estimate of drug-likeness (QED) is 0.770. The van der Waals surface area contributed by atoms with Gasteiger partial charge < -0.3 is 14.4 Å². The van der Waals surface area contributed by atoms with Crippen LogP contribution in [0.15, 0.2) is 53.1 Å². The Kier molecular flexibility index (Phi) is 4.60. The summed E-state index contributed by atoms with van der Waals surface area (Å²) in [4.78, 5) is 4.18. The normalized spacial score (nSPS) is 12.1. The monoisotopic (exact) mass is 330 g/mol. The maximum Gasteiger partial charge on any atom is 0.223 e. The zero-order chi connectivity index (χ0) is 16.2. The molecule has 118 valence electrons. The molecule has 1 atom stereocenters. The lowest BCUT2D eigenvalue weighted by molar-refractivity contribution is 0.108. The molecule has 1 unspecified atom stereocenters. The van der Waals surface area contributed by atoms with Crippen molar-refractivity contribution in [2.45, 2.75) is 13.0 Å². The van der Waals surface area contributed by atoms with Crippen LogP contribution in [-0.4, -0.2) is 21.9 Å². The molecule has 1 heterocycles. The van der Waals surface area contributed by atoms with E-state index in [1.54, 1.807) is 31.2 Å². The molecule has 3 rings (SSSR count). The Labute approximate surface area is 138 Å². The Morgan fingerprint density at radius 3 is 2.78 bits per heavy atom. The third-order valence-electron chi connectivity index (χ3n) is 3.29. The van der Waals surface area contributed by atoms with Gasteiger partial charge in [-0.2, -0.15) is 4.98 Å². The first kappa shape index (κ1) is 15.5. The molecular formula is C17H15ClN2O3. The van der Waals surface area contributed by atoms with Crippen LogP contribution < -0.4 is 4.74 Å². The summed E-state index contributed by atoms with van der Waals surface area (Å²) in [6.45, 7) is 1.83. The van der Waals surface area contributed by atoms with E-state index in [0.717, 1.165) is 5.56 Å². The van der Waals surface area contributed by atoms with Crippen molar-refractivity contribution >= 4 is 11.6 Å². The number of aryl methyl sites for hydroxylation is 1. The average molecular weight is 331 g/mol. The molecule has 0 amide bonds. The zero-order valence-corrected chi connectivity index (χ0v) is 13.2. The topological polar surface area (TPSA) is 68.4 Å². The van der Waals surface area contributed by atoms with E-state index in [-0.39, 0.29) is 6.61 Å². The van der Waals surface area contributed by atoms with Gasteiger partial charge in [0.05, 0.1) is 0 Å². The van der Waals surface area contributed by atoms with Crippen molar-refractivity contribution in [2.75, 3.05) is 6.61 Å². The lowest BCUT2D eigenvalue weighted by Gasteiger charge is -2.14. The molecular weight excluding hydrogens is 316 g/mol. The predicted molar refractivity (Wildman–Crippen MR) is 86.4 cm³/mol. The fraction of sp³-hybridized carbons (Fsp3) is 0.176. The largest absolute Gasteiger partial charge is 0.491 e. The molecule has 0 saturated carbocycles. The molecule has 3 aromatic rings.